The first-order chi connectivity index (χ1) is 21.7. The Morgan fingerprint density at radius 3 is 2.19 bits per heavy atom. The Labute approximate surface area is 270 Å². The molecule has 13 heteroatoms. The van der Waals surface area contributed by atoms with Crippen molar-refractivity contribution in [2.24, 2.45) is 5.73 Å². The fraction of sp³-hybridized carbons (Fsp3) is 0.382. The number of halogens is 5. The topological polar surface area (TPSA) is 108 Å². The molecular formula is C34H37F5N2O5Si. The van der Waals surface area contributed by atoms with Gasteiger partial charge < -0.3 is 20.2 Å². The average Bonchev–Trinajstić information content (AvgIpc) is 3.80. The van der Waals surface area contributed by atoms with Crippen molar-refractivity contribution in [1.29, 1.82) is 0 Å². The van der Waals surface area contributed by atoms with Gasteiger partial charge >= 0.3 is 6.18 Å². The van der Waals surface area contributed by atoms with Gasteiger partial charge in [0.05, 0.1) is 23.3 Å². The molecule has 3 N–H and O–H groups in total. The molecule has 0 spiro atoms. The van der Waals surface area contributed by atoms with Gasteiger partial charge in [-0.3, -0.25) is 14.4 Å². The van der Waals surface area contributed by atoms with Crippen LogP contribution in [0.3, 0.4) is 0 Å². The highest BCUT2D eigenvalue weighted by Crippen LogP contribution is 2.54. The van der Waals surface area contributed by atoms with E-state index in [0.29, 0.717) is 18.9 Å². The average molecular weight is 677 g/mol. The van der Waals surface area contributed by atoms with Gasteiger partial charge in [0.25, 0.3) is 17.6 Å². The smallest absolute Gasteiger partial charge is 0.416 e. The Kier molecular flexibility index (Phi) is 10.0. The Hall–Kier alpha value is -4.10. The number of Topliss-reactive ketones (excluding diaryl/α,β-unsaturated/α-hetero) is 1. The van der Waals surface area contributed by atoms with Crippen LogP contribution >= 0.6 is 0 Å². The third-order valence-electron chi connectivity index (χ3n) is 8.59. The third kappa shape index (κ3) is 7.90. The predicted octanol–water partition coefficient (Wildman–Crippen LogP) is 8.05. The summed E-state index contributed by atoms with van der Waals surface area (Å²) >= 11 is 0. The summed E-state index contributed by atoms with van der Waals surface area (Å²) in [4.78, 5) is 38.6. The van der Waals surface area contributed by atoms with Crippen LogP contribution in [-0.4, -0.2) is 39.1 Å². The lowest BCUT2D eigenvalue weighted by Crippen LogP contribution is -2.43. The van der Waals surface area contributed by atoms with Gasteiger partial charge in [-0.2, -0.15) is 13.2 Å². The molecular weight excluding hydrogens is 639 g/mol. The van der Waals surface area contributed by atoms with Gasteiger partial charge in [0.15, 0.2) is 8.32 Å². The number of aryl methyl sites for hydroxylation is 1. The predicted molar refractivity (Wildman–Crippen MR) is 169 cm³/mol. The van der Waals surface area contributed by atoms with E-state index in [2.05, 4.69) is 5.32 Å². The van der Waals surface area contributed by atoms with Crippen LogP contribution < -0.4 is 15.8 Å². The minimum atomic E-state index is -4.92. The van der Waals surface area contributed by atoms with E-state index < -0.39 is 66.3 Å². The molecule has 2 amide bonds. The highest BCUT2D eigenvalue weighted by Gasteiger charge is 2.43. The molecule has 0 bridgehead atoms. The Morgan fingerprint density at radius 2 is 1.64 bits per heavy atom. The molecule has 1 fully saturated rings. The summed E-state index contributed by atoms with van der Waals surface area (Å²) < 4.78 is 84.5. The van der Waals surface area contributed by atoms with E-state index in [1.165, 1.54) is 13.0 Å². The third-order valence-corrected chi connectivity index (χ3v) is 13.1. The maximum absolute atomic E-state index is 15.1. The first-order valence-corrected chi connectivity index (χ1v) is 17.9. The van der Waals surface area contributed by atoms with Gasteiger partial charge in [-0.05, 0) is 96.9 Å². The molecule has 1 saturated carbocycles. The largest absolute Gasteiger partial charge is 0.456 e. The van der Waals surface area contributed by atoms with Gasteiger partial charge in [0.2, 0.25) is 0 Å². The summed E-state index contributed by atoms with van der Waals surface area (Å²) in [6.07, 6.45) is -4.16. The number of hydrogen-bond acceptors (Lipinski definition) is 5. The fourth-order valence-electron chi connectivity index (χ4n) is 4.87. The van der Waals surface area contributed by atoms with Crippen molar-refractivity contribution < 1.29 is 45.5 Å². The Bertz CT molecular complexity index is 1730. The summed E-state index contributed by atoms with van der Waals surface area (Å²) in [5, 5.41) is 2.32. The van der Waals surface area contributed by atoms with E-state index in [9.17, 15) is 31.9 Å². The zero-order valence-corrected chi connectivity index (χ0v) is 28.0. The molecule has 0 atom stereocenters. The van der Waals surface area contributed by atoms with Crippen LogP contribution in [0.15, 0.2) is 42.5 Å². The second-order valence-corrected chi connectivity index (χ2v) is 17.9. The molecule has 1 aliphatic carbocycles. The molecule has 1 aliphatic rings. The summed E-state index contributed by atoms with van der Waals surface area (Å²) in [6.45, 7) is 11.7. The van der Waals surface area contributed by atoms with E-state index in [-0.39, 0.29) is 51.9 Å². The second-order valence-electron chi connectivity index (χ2n) is 13.1. The van der Waals surface area contributed by atoms with Gasteiger partial charge in [0, 0.05) is 12.1 Å². The maximum Gasteiger partial charge on any atom is 0.416 e. The van der Waals surface area contributed by atoms with Gasteiger partial charge in [-0.25, -0.2) is 8.78 Å². The lowest BCUT2D eigenvalue weighted by Gasteiger charge is -2.36. The van der Waals surface area contributed by atoms with E-state index in [4.69, 9.17) is 14.9 Å². The minimum Gasteiger partial charge on any atom is -0.456 e. The first-order valence-electron chi connectivity index (χ1n) is 15.0. The van der Waals surface area contributed by atoms with Crippen molar-refractivity contribution in [1.82, 2.24) is 5.32 Å². The van der Waals surface area contributed by atoms with Crippen LogP contribution in [0.25, 0.3) is 11.1 Å². The van der Waals surface area contributed by atoms with Crippen LogP contribution in [-0.2, 0) is 15.4 Å². The molecule has 7 nitrogen and oxygen atoms in total. The molecule has 4 rings (SSSR count). The number of ether oxygens (including phenoxy) is 1. The molecule has 0 unspecified atom stereocenters. The number of carbonyl (C=O) groups is 3. The van der Waals surface area contributed by atoms with E-state index >= 15 is 4.39 Å². The van der Waals surface area contributed by atoms with Crippen molar-refractivity contribution in [3.8, 4) is 22.6 Å². The van der Waals surface area contributed by atoms with Crippen LogP contribution in [0.2, 0.25) is 18.1 Å². The number of ketones is 1. The lowest BCUT2D eigenvalue weighted by molar-refractivity contribution is -0.138. The normalized spacial score (nSPS) is 13.8. The molecule has 3 aromatic carbocycles. The van der Waals surface area contributed by atoms with Crippen molar-refractivity contribution in [2.75, 3.05) is 13.2 Å². The number of hydrogen-bond donors (Lipinski definition) is 2. The number of nitrogens with two attached hydrogens (primary N) is 1. The SMILES string of the molecule is Cc1cc(F)ccc1Oc1c(C(N)=O)cc(C(F)(F)F)c(C2CC2)c1-c1ccc(F)c(C(=O)C(=O)NCCO[Si](C)(C)C(C)(C)C)c1. The molecule has 0 aromatic heterocycles. The Balaban J connectivity index is 1.81. The molecule has 0 saturated heterocycles. The second kappa shape index (κ2) is 13.2. The maximum atomic E-state index is 15.1. The van der Waals surface area contributed by atoms with E-state index in [1.54, 1.807) is 0 Å². The number of nitrogens with one attached hydrogen (secondary N) is 1. The number of primary amides is 1. The molecule has 47 heavy (non-hydrogen) atoms. The Morgan fingerprint density at radius 1 is 0.979 bits per heavy atom. The lowest BCUT2D eigenvalue weighted by atomic mass is 9.87. The van der Waals surface area contributed by atoms with Crippen molar-refractivity contribution in [2.45, 2.75) is 70.8 Å². The number of benzene rings is 3. The molecule has 3 aromatic rings. The van der Waals surface area contributed by atoms with Gasteiger partial charge in [-0.1, -0.05) is 26.8 Å². The van der Waals surface area contributed by atoms with Gasteiger partial charge in [-0.15, -0.1) is 0 Å². The summed E-state index contributed by atoms with van der Waals surface area (Å²) in [7, 11) is -2.14. The molecule has 0 aliphatic heterocycles. The van der Waals surface area contributed by atoms with Crippen molar-refractivity contribution in [3.05, 3.63) is 81.9 Å². The number of rotatable bonds is 11. The summed E-state index contributed by atoms with van der Waals surface area (Å²) in [5.41, 5.74) is 2.78. The number of carbonyl (C=O) groups excluding carboxylic acids is 3. The quantitative estimate of drug-likeness (QED) is 0.0703. The minimum absolute atomic E-state index is 0.0226. The van der Waals surface area contributed by atoms with E-state index in [0.717, 1.165) is 30.3 Å². The van der Waals surface area contributed by atoms with Crippen LogP contribution in [0, 0.1) is 18.6 Å². The van der Waals surface area contributed by atoms with Crippen molar-refractivity contribution in [3.63, 3.8) is 0 Å². The number of amides is 2. The van der Waals surface area contributed by atoms with Gasteiger partial charge in [0.1, 0.15) is 23.1 Å². The zero-order valence-electron chi connectivity index (χ0n) is 27.0. The van der Waals surface area contributed by atoms with Crippen molar-refractivity contribution >= 4 is 25.9 Å². The van der Waals surface area contributed by atoms with Crippen LogP contribution in [0.4, 0.5) is 22.0 Å². The standard InChI is InChI=1S/C34H37F5N2O5Si/c1-18-15-21(35)10-12-26(18)46-30-23(31(40)43)17-24(34(37,38)39)27(19-7-8-19)28(30)20-9-11-25(36)22(16-20)29(42)32(44)41-13-14-45-47(5,6)33(2,3)4/h9-12,15-17,19H,7-8,13-14H2,1-6H3,(H2,40,43)(H,41,44). The van der Waals surface area contributed by atoms with Crippen LogP contribution in [0.5, 0.6) is 11.5 Å². The fourth-order valence-corrected chi connectivity index (χ4v) is 5.91. The van der Waals surface area contributed by atoms with Crippen LogP contribution in [0.1, 0.15) is 76.9 Å². The molecule has 0 radical (unpaired) electrons. The zero-order chi connectivity index (χ0) is 35.1. The monoisotopic (exact) mass is 676 g/mol. The van der Waals surface area contributed by atoms with E-state index in [1.807, 2.05) is 33.9 Å². The summed E-state index contributed by atoms with van der Waals surface area (Å²) in [6, 6.07) is 7.00. The molecule has 252 valence electrons. The highest BCUT2D eigenvalue weighted by molar-refractivity contribution is 6.74. The number of alkyl halides is 3. The summed E-state index contributed by atoms with van der Waals surface area (Å²) in [5.74, 6) is -6.28. The highest BCUT2D eigenvalue weighted by atomic mass is 28.4. The molecule has 0 heterocycles. The first kappa shape index (κ1) is 35.7.